The largest absolute Gasteiger partial charge is 0.378 e. The number of fused-ring (bicyclic) bond motifs is 1. The molecule has 27 heavy (non-hydrogen) atoms. The molecule has 2 aromatic carbocycles. The Labute approximate surface area is 163 Å². The van der Waals surface area contributed by atoms with Crippen LogP contribution in [-0.4, -0.2) is 33.1 Å². The van der Waals surface area contributed by atoms with Crippen LogP contribution in [0.5, 0.6) is 0 Å². The summed E-state index contributed by atoms with van der Waals surface area (Å²) in [6, 6.07) is 17.8. The molecule has 1 aliphatic heterocycles. The van der Waals surface area contributed by atoms with E-state index >= 15 is 0 Å². The third-order valence-corrected chi connectivity index (χ3v) is 5.54. The molecular formula is C23H32N3O+. The Morgan fingerprint density at radius 2 is 1.81 bits per heavy atom. The average Bonchev–Trinajstić information content (AvgIpc) is 2.68. The van der Waals surface area contributed by atoms with Gasteiger partial charge in [-0.05, 0) is 24.1 Å². The van der Waals surface area contributed by atoms with Gasteiger partial charge in [-0.2, -0.15) is 0 Å². The monoisotopic (exact) mass is 366 g/mol. The first kappa shape index (κ1) is 19.4. The van der Waals surface area contributed by atoms with Crippen molar-refractivity contribution in [2.75, 3.05) is 32.1 Å². The maximum Gasteiger partial charge on any atom is 0.220 e. The Morgan fingerprint density at radius 3 is 2.48 bits per heavy atom. The van der Waals surface area contributed by atoms with Crippen molar-refractivity contribution in [2.24, 2.45) is 0 Å². The SMILES string of the molecule is CCCC(=O)NC[C@@H](c1ccc(N(C)C)cc1)[NH+]1CCc2ccccc2C1. The highest BCUT2D eigenvalue weighted by Gasteiger charge is 2.28. The number of rotatable bonds is 7. The van der Waals surface area contributed by atoms with Gasteiger partial charge in [-0.25, -0.2) is 0 Å². The lowest BCUT2D eigenvalue weighted by Gasteiger charge is -2.33. The van der Waals surface area contributed by atoms with E-state index in [0.717, 1.165) is 25.9 Å². The van der Waals surface area contributed by atoms with Gasteiger partial charge in [0.1, 0.15) is 12.6 Å². The van der Waals surface area contributed by atoms with E-state index in [9.17, 15) is 4.79 Å². The molecule has 0 aromatic heterocycles. The summed E-state index contributed by atoms with van der Waals surface area (Å²) in [4.78, 5) is 15.7. The second kappa shape index (κ2) is 9.05. The van der Waals surface area contributed by atoms with Crippen molar-refractivity contribution < 1.29 is 9.69 Å². The summed E-state index contributed by atoms with van der Waals surface area (Å²) < 4.78 is 0. The lowest BCUT2D eigenvalue weighted by atomic mass is 9.96. The maximum absolute atomic E-state index is 12.1. The summed E-state index contributed by atoms with van der Waals surface area (Å²) in [7, 11) is 4.12. The van der Waals surface area contributed by atoms with Crippen LogP contribution in [0.25, 0.3) is 0 Å². The van der Waals surface area contributed by atoms with Crippen LogP contribution in [0.15, 0.2) is 48.5 Å². The van der Waals surface area contributed by atoms with Crippen LogP contribution in [0.2, 0.25) is 0 Å². The summed E-state index contributed by atoms with van der Waals surface area (Å²) >= 11 is 0. The average molecular weight is 367 g/mol. The topological polar surface area (TPSA) is 36.8 Å². The molecule has 1 aliphatic rings. The van der Waals surface area contributed by atoms with E-state index in [4.69, 9.17) is 0 Å². The molecule has 0 radical (unpaired) electrons. The zero-order valence-corrected chi connectivity index (χ0v) is 16.8. The molecule has 1 amide bonds. The van der Waals surface area contributed by atoms with Crippen LogP contribution in [0.4, 0.5) is 5.69 Å². The fourth-order valence-electron chi connectivity index (χ4n) is 3.93. The van der Waals surface area contributed by atoms with Gasteiger partial charge >= 0.3 is 0 Å². The second-order valence-electron chi connectivity index (χ2n) is 7.70. The summed E-state index contributed by atoms with van der Waals surface area (Å²) in [5, 5.41) is 3.17. The molecule has 144 valence electrons. The number of nitrogens with zero attached hydrogens (tertiary/aromatic N) is 1. The van der Waals surface area contributed by atoms with Crippen LogP contribution >= 0.6 is 0 Å². The first-order valence-electron chi connectivity index (χ1n) is 10.0. The Bertz CT molecular complexity index is 754. The summed E-state index contributed by atoms with van der Waals surface area (Å²) in [6.45, 7) is 4.85. The van der Waals surface area contributed by atoms with Crippen LogP contribution < -0.4 is 15.1 Å². The lowest BCUT2D eigenvalue weighted by Crippen LogP contribution is -3.12. The van der Waals surface area contributed by atoms with E-state index in [1.54, 1.807) is 0 Å². The van der Waals surface area contributed by atoms with Crippen LogP contribution in [0.1, 0.15) is 42.5 Å². The molecule has 0 spiro atoms. The van der Waals surface area contributed by atoms with Gasteiger partial charge in [0.2, 0.25) is 5.91 Å². The summed E-state index contributed by atoms with van der Waals surface area (Å²) in [6.07, 6.45) is 2.59. The van der Waals surface area contributed by atoms with E-state index in [-0.39, 0.29) is 11.9 Å². The predicted molar refractivity (Wildman–Crippen MR) is 111 cm³/mol. The van der Waals surface area contributed by atoms with Gasteiger partial charge in [-0.3, -0.25) is 4.79 Å². The summed E-state index contributed by atoms with van der Waals surface area (Å²) in [5.41, 5.74) is 5.41. The van der Waals surface area contributed by atoms with E-state index in [2.05, 4.69) is 72.8 Å². The van der Waals surface area contributed by atoms with Gasteiger partial charge in [0.05, 0.1) is 13.1 Å². The Kier molecular flexibility index (Phi) is 6.51. The van der Waals surface area contributed by atoms with E-state index in [1.165, 1.54) is 27.3 Å². The molecule has 0 saturated carbocycles. The van der Waals surface area contributed by atoms with Crippen molar-refractivity contribution in [1.82, 2.24) is 5.32 Å². The highest BCUT2D eigenvalue weighted by atomic mass is 16.1. The maximum atomic E-state index is 12.1. The minimum absolute atomic E-state index is 0.157. The number of hydrogen-bond donors (Lipinski definition) is 2. The quantitative estimate of drug-likeness (QED) is 0.789. The first-order chi connectivity index (χ1) is 13.1. The fourth-order valence-corrected chi connectivity index (χ4v) is 3.93. The van der Waals surface area contributed by atoms with Crippen molar-refractivity contribution in [3.63, 3.8) is 0 Å². The van der Waals surface area contributed by atoms with Crippen molar-refractivity contribution in [1.29, 1.82) is 0 Å². The van der Waals surface area contributed by atoms with E-state index in [0.29, 0.717) is 13.0 Å². The zero-order chi connectivity index (χ0) is 19.2. The smallest absolute Gasteiger partial charge is 0.220 e. The lowest BCUT2D eigenvalue weighted by molar-refractivity contribution is -0.945. The number of carbonyl (C=O) groups excluding carboxylic acids is 1. The van der Waals surface area contributed by atoms with Crippen molar-refractivity contribution in [3.05, 3.63) is 65.2 Å². The number of nitrogens with one attached hydrogen (secondary N) is 2. The second-order valence-corrected chi connectivity index (χ2v) is 7.70. The van der Waals surface area contributed by atoms with Gasteiger partial charge in [-0.1, -0.05) is 43.3 Å². The zero-order valence-electron chi connectivity index (χ0n) is 16.8. The molecule has 0 bridgehead atoms. The van der Waals surface area contributed by atoms with Gasteiger partial charge in [0.25, 0.3) is 0 Å². The minimum Gasteiger partial charge on any atom is -0.378 e. The molecule has 4 nitrogen and oxygen atoms in total. The Hall–Kier alpha value is -2.33. The number of quaternary nitrogens is 1. The van der Waals surface area contributed by atoms with Crippen LogP contribution in [-0.2, 0) is 17.8 Å². The highest BCUT2D eigenvalue weighted by Crippen LogP contribution is 2.18. The first-order valence-corrected chi connectivity index (χ1v) is 10.0. The molecule has 2 aromatic rings. The molecule has 0 aliphatic carbocycles. The van der Waals surface area contributed by atoms with Crippen LogP contribution in [0, 0.1) is 0 Å². The minimum atomic E-state index is 0.157. The van der Waals surface area contributed by atoms with Gasteiger partial charge in [0, 0.05) is 43.8 Å². The number of anilines is 1. The molecule has 1 heterocycles. The standard InChI is InChI=1S/C23H31N3O/c1-4-7-23(27)24-16-22(19-10-12-21(13-11-19)25(2)3)26-15-14-18-8-5-6-9-20(18)17-26/h5-6,8-13,22H,4,7,14-17H2,1-3H3,(H,24,27)/p+1/t22-/m0/s1. The number of carbonyl (C=O) groups is 1. The molecule has 3 rings (SSSR count). The summed E-state index contributed by atoms with van der Waals surface area (Å²) in [5.74, 6) is 0.157. The molecule has 2 atom stereocenters. The van der Waals surface area contributed by atoms with Gasteiger partial charge < -0.3 is 15.1 Å². The number of hydrogen-bond acceptors (Lipinski definition) is 2. The van der Waals surface area contributed by atoms with Crippen molar-refractivity contribution in [2.45, 2.75) is 38.8 Å². The Balaban J connectivity index is 1.80. The van der Waals surface area contributed by atoms with Gasteiger partial charge in [-0.15, -0.1) is 0 Å². The predicted octanol–water partition coefficient (Wildman–Crippen LogP) is 2.35. The number of benzene rings is 2. The van der Waals surface area contributed by atoms with Crippen molar-refractivity contribution >= 4 is 11.6 Å². The molecule has 0 saturated heterocycles. The van der Waals surface area contributed by atoms with E-state index in [1.807, 2.05) is 6.92 Å². The highest BCUT2D eigenvalue weighted by molar-refractivity contribution is 5.75. The number of amides is 1. The normalized spacial score (nSPS) is 17.1. The van der Waals surface area contributed by atoms with Crippen molar-refractivity contribution in [3.8, 4) is 0 Å². The van der Waals surface area contributed by atoms with Crippen LogP contribution in [0.3, 0.4) is 0 Å². The molecule has 0 fully saturated rings. The molecule has 4 heteroatoms. The molecule has 1 unspecified atom stereocenters. The van der Waals surface area contributed by atoms with Gasteiger partial charge in [0.15, 0.2) is 0 Å². The Morgan fingerprint density at radius 1 is 1.11 bits per heavy atom. The fraction of sp³-hybridized carbons (Fsp3) is 0.435. The molecule has 2 N–H and O–H groups in total. The van der Waals surface area contributed by atoms with E-state index < -0.39 is 0 Å². The third-order valence-electron chi connectivity index (χ3n) is 5.54. The molecular weight excluding hydrogens is 334 g/mol. The third kappa shape index (κ3) is 4.89.